The highest BCUT2D eigenvalue weighted by atomic mass is 16.3. The van der Waals surface area contributed by atoms with Gasteiger partial charge in [0.2, 0.25) is 5.96 Å². The van der Waals surface area contributed by atoms with E-state index in [0.29, 0.717) is 17.0 Å². The van der Waals surface area contributed by atoms with Crippen LogP contribution in [-0.4, -0.2) is 17.5 Å². The van der Waals surface area contributed by atoms with Gasteiger partial charge in [0.15, 0.2) is 18.2 Å². The van der Waals surface area contributed by atoms with Crippen molar-refractivity contribution in [2.75, 3.05) is 11.9 Å². The summed E-state index contributed by atoms with van der Waals surface area (Å²) >= 11 is 0. The number of nitrogens with zero attached hydrogens (tertiary/aromatic N) is 3. The number of fused-ring (bicyclic) bond motifs is 1. The van der Waals surface area contributed by atoms with Crippen LogP contribution in [-0.2, 0) is 0 Å². The third kappa shape index (κ3) is 2.72. The number of aliphatic imine (C=N–C) groups is 1. The lowest BCUT2D eigenvalue weighted by molar-refractivity contribution is -0.0465. The van der Waals surface area contributed by atoms with Crippen LogP contribution in [0.4, 0.5) is 5.69 Å². The lowest BCUT2D eigenvalue weighted by Gasteiger charge is -2.56. The van der Waals surface area contributed by atoms with E-state index in [1.54, 1.807) is 0 Å². The number of nitriles is 1. The summed E-state index contributed by atoms with van der Waals surface area (Å²) in [5, 5.41) is 15.1. The fraction of sp³-hybridized carbons (Fsp3) is 0.550. The number of benzene rings is 1. The predicted molar refractivity (Wildman–Crippen MR) is 99.3 cm³/mol. The summed E-state index contributed by atoms with van der Waals surface area (Å²) in [6.45, 7) is 0.792. The maximum Gasteiger partial charge on any atom is 0.209 e. The summed E-state index contributed by atoms with van der Waals surface area (Å²) < 4.78 is 5.47. The number of oxazole rings is 1. The van der Waals surface area contributed by atoms with Crippen LogP contribution >= 0.6 is 0 Å². The van der Waals surface area contributed by atoms with E-state index in [-0.39, 0.29) is 0 Å². The highest BCUT2D eigenvalue weighted by molar-refractivity contribution is 6.00. The number of anilines is 1. The molecule has 2 N–H and O–H groups in total. The molecule has 6 heteroatoms. The number of rotatable bonds is 3. The van der Waals surface area contributed by atoms with Gasteiger partial charge < -0.3 is 9.73 Å². The highest BCUT2D eigenvalue weighted by Crippen LogP contribution is 2.60. The van der Waals surface area contributed by atoms with E-state index in [1.807, 2.05) is 24.4 Å². The molecule has 0 atom stereocenters. The van der Waals surface area contributed by atoms with E-state index in [1.165, 1.54) is 44.9 Å². The van der Waals surface area contributed by atoms with Crippen LogP contribution in [0, 0.1) is 34.6 Å². The van der Waals surface area contributed by atoms with Gasteiger partial charge >= 0.3 is 0 Å². The van der Waals surface area contributed by atoms with Crippen LogP contribution in [0.1, 0.15) is 38.5 Å². The third-order valence-electron chi connectivity index (χ3n) is 6.52. The molecule has 0 spiro atoms. The molecule has 6 nitrogen and oxygen atoms in total. The van der Waals surface area contributed by atoms with Crippen LogP contribution in [0.25, 0.3) is 11.1 Å². The Morgan fingerprint density at radius 3 is 2.65 bits per heavy atom. The molecule has 6 rings (SSSR count). The Labute approximate surface area is 152 Å². The molecule has 0 unspecified atom stereocenters. The van der Waals surface area contributed by atoms with Gasteiger partial charge in [0, 0.05) is 6.54 Å². The molecule has 134 valence electrons. The van der Waals surface area contributed by atoms with Crippen LogP contribution in [0.5, 0.6) is 0 Å². The van der Waals surface area contributed by atoms with E-state index in [2.05, 4.69) is 15.6 Å². The van der Waals surface area contributed by atoms with Crippen LogP contribution in [0.3, 0.4) is 0 Å². The van der Waals surface area contributed by atoms with Gasteiger partial charge in [0.1, 0.15) is 5.52 Å². The largest absolute Gasteiger partial charge is 0.441 e. The Balaban J connectivity index is 1.37. The van der Waals surface area contributed by atoms with Gasteiger partial charge in [-0.3, -0.25) is 10.3 Å². The third-order valence-corrected chi connectivity index (χ3v) is 6.52. The molecule has 1 aromatic carbocycles. The summed E-state index contributed by atoms with van der Waals surface area (Å²) in [4.78, 5) is 8.97. The second kappa shape index (κ2) is 6.01. The summed E-state index contributed by atoms with van der Waals surface area (Å²) in [6, 6.07) is 5.72. The Hall–Kier alpha value is -2.55. The monoisotopic (exact) mass is 349 g/mol. The zero-order chi connectivity index (χ0) is 17.6. The molecule has 0 saturated heterocycles. The van der Waals surface area contributed by atoms with E-state index >= 15 is 0 Å². The molecule has 0 aliphatic heterocycles. The number of para-hydroxylation sites is 1. The number of nitrogens with one attached hydrogen (secondary N) is 2. The second-order valence-electron chi connectivity index (χ2n) is 8.45. The summed E-state index contributed by atoms with van der Waals surface area (Å²) in [5.74, 6) is 3.20. The first-order chi connectivity index (χ1) is 12.7. The maximum atomic E-state index is 9.13. The quantitative estimate of drug-likeness (QED) is 0.380. The predicted octanol–water partition coefficient (Wildman–Crippen LogP) is 3.88. The molecule has 4 saturated carbocycles. The van der Waals surface area contributed by atoms with Gasteiger partial charge in [-0.25, -0.2) is 4.98 Å². The molecular weight excluding hydrogens is 326 g/mol. The van der Waals surface area contributed by atoms with Crippen molar-refractivity contribution in [2.45, 2.75) is 38.5 Å². The number of hydrogen-bond acceptors (Lipinski definition) is 4. The van der Waals surface area contributed by atoms with Gasteiger partial charge in [0.25, 0.3) is 0 Å². The van der Waals surface area contributed by atoms with Gasteiger partial charge in [-0.1, -0.05) is 6.07 Å². The minimum atomic E-state index is 0.344. The molecule has 1 aromatic heterocycles. The smallest absolute Gasteiger partial charge is 0.209 e. The normalized spacial score (nSPS) is 32.6. The van der Waals surface area contributed by atoms with Crippen molar-refractivity contribution >= 4 is 22.7 Å². The van der Waals surface area contributed by atoms with Gasteiger partial charge in [-0.15, -0.1) is 0 Å². The minimum Gasteiger partial charge on any atom is -0.441 e. The molecule has 0 radical (unpaired) electrons. The second-order valence-corrected chi connectivity index (χ2v) is 8.45. The molecule has 2 aromatic rings. The highest BCUT2D eigenvalue weighted by Gasteiger charge is 2.50. The lowest BCUT2D eigenvalue weighted by atomic mass is 9.49. The Bertz CT molecular complexity index is 858. The van der Waals surface area contributed by atoms with E-state index in [0.717, 1.165) is 35.5 Å². The van der Waals surface area contributed by atoms with Crippen molar-refractivity contribution in [3.8, 4) is 6.19 Å². The zero-order valence-electron chi connectivity index (χ0n) is 14.7. The van der Waals surface area contributed by atoms with Crippen molar-refractivity contribution in [3.05, 3.63) is 24.6 Å². The van der Waals surface area contributed by atoms with E-state index in [4.69, 9.17) is 14.7 Å². The van der Waals surface area contributed by atoms with E-state index in [9.17, 15) is 0 Å². The van der Waals surface area contributed by atoms with Crippen LogP contribution < -0.4 is 10.6 Å². The average Bonchev–Trinajstić information content (AvgIpc) is 3.08. The first-order valence-corrected chi connectivity index (χ1v) is 9.52. The van der Waals surface area contributed by atoms with Crippen molar-refractivity contribution in [1.29, 1.82) is 5.26 Å². The Morgan fingerprint density at radius 1 is 1.23 bits per heavy atom. The fourth-order valence-corrected chi connectivity index (χ4v) is 6.01. The molecular formula is C20H23N5O. The topological polar surface area (TPSA) is 86.2 Å². The minimum absolute atomic E-state index is 0.344. The molecule has 4 bridgehead atoms. The van der Waals surface area contributed by atoms with Crippen LogP contribution in [0.15, 0.2) is 34.0 Å². The average molecular weight is 349 g/mol. The first kappa shape index (κ1) is 15.7. The van der Waals surface area contributed by atoms with Gasteiger partial charge in [0.05, 0.1) is 5.69 Å². The molecule has 4 aliphatic carbocycles. The van der Waals surface area contributed by atoms with Crippen LogP contribution in [0.2, 0.25) is 0 Å². The number of hydrogen-bond donors (Lipinski definition) is 2. The maximum absolute atomic E-state index is 9.13. The van der Waals surface area contributed by atoms with Crippen molar-refractivity contribution < 1.29 is 4.42 Å². The Morgan fingerprint density at radius 2 is 1.96 bits per heavy atom. The van der Waals surface area contributed by atoms with Gasteiger partial charge in [-0.2, -0.15) is 5.26 Å². The van der Waals surface area contributed by atoms with Crippen molar-refractivity contribution in [3.63, 3.8) is 0 Å². The number of guanidine groups is 1. The molecule has 1 heterocycles. The van der Waals surface area contributed by atoms with Crippen molar-refractivity contribution in [2.24, 2.45) is 28.2 Å². The van der Waals surface area contributed by atoms with E-state index < -0.39 is 0 Å². The standard InChI is InChI=1S/C20H23N5O/c21-11-23-19(25-17-3-1-2-16-18(17)26-12-24-16)22-10-20-7-13-4-14(8-20)6-15(5-13)9-20/h1-3,12-15H,4-10H2,(H2,22,23,25). The zero-order valence-corrected chi connectivity index (χ0v) is 14.7. The lowest BCUT2D eigenvalue weighted by Crippen LogP contribution is -2.47. The molecule has 4 fully saturated rings. The summed E-state index contributed by atoms with van der Waals surface area (Å²) in [6.07, 6.45) is 11.6. The first-order valence-electron chi connectivity index (χ1n) is 9.52. The molecule has 26 heavy (non-hydrogen) atoms. The van der Waals surface area contributed by atoms with Crippen molar-refractivity contribution in [1.82, 2.24) is 10.3 Å². The summed E-state index contributed by atoms with van der Waals surface area (Å²) in [5.41, 5.74) is 2.58. The Kier molecular flexibility index (Phi) is 3.63. The number of aromatic nitrogens is 1. The van der Waals surface area contributed by atoms with Gasteiger partial charge in [-0.05, 0) is 73.8 Å². The molecule has 4 aliphatic rings. The molecule has 0 amide bonds. The fourth-order valence-electron chi connectivity index (χ4n) is 6.01. The SMILES string of the molecule is N#CNC(=NCC12CC3CC(CC(C3)C1)C2)Nc1cccc2ncoc12. The summed E-state index contributed by atoms with van der Waals surface area (Å²) in [7, 11) is 0.